The summed E-state index contributed by atoms with van der Waals surface area (Å²) in [5, 5.41) is 8.63. The minimum Gasteiger partial charge on any atom is -0.478 e. The molecule has 0 aliphatic rings. The fourth-order valence-corrected chi connectivity index (χ4v) is 1.13. The summed E-state index contributed by atoms with van der Waals surface area (Å²) in [4.78, 5) is 10.6. The number of carbonyl (C=O) groups is 1. The number of aromatic carboxylic acids is 1. The van der Waals surface area contributed by atoms with Gasteiger partial charge in [0.15, 0.2) is 0 Å². The molecule has 0 saturated heterocycles. The van der Waals surface area contributed by atoms with Gasteiger partial charge in [0.05, 0.1) is 5.56 Å². The minimum absolute atomic E-state index is 0.0694. The second-order valence-electron chi connectivity index (χ2n) is 2.86. The highest BCUT2D eigenvalue weighted by Gasteiger charge is 2.16. The number of benzene rings is 1. The van der Waals surface area contributed by atoms with Crippen molar-refractivity contribution < 1.29 is 14.3 Å². The van der Waals surface area contributed by atoms with Gasteiger partial charge in [-0.2, -0.15) is 0 Å². The predicted molar refractivity (Wildman–Crippen MR) is 49.3 cm³/mol. The molecule has 0 amide bonds. The van der Waals surface area contributed by atoms with Crippen molar-refractivity contribution in [2.45, 2.75) is 6.04 Å². The Morgan fingerprint density at radius 2 is 2.21 bits per heavy atom. The van der Waals surface area contributed by atoms with Crippen molar-refractivity contribution in [1.29, 1.82) is 0 Å². The average Bonchev–Trinajstić information content (AvgIpc) is 2.16. The summed E-state index contributed by atoms with van der Waals surface area (Å²) in [6.45, 7) is 0.0694. The zero-order valence-electron chi connectivity index (χ0n) is 7.40. The number of carboxylic acid groups (broad SMARTS) is 1. The topological polar surface area (TPSA) is 89.3 Å². The monoisotopic (exact) mass is 198 g/mol. The van der Waals surface area contributed by atoms with Crippen LogP contribution in [-0.2, 0) is 0 Å². The van der Waals surface area contributed by atoms with Crippen LogP contribution >= 0.6 is 0 Å². The molecular weight excluding hydrogens is 187 g/mol. The normalized spacial score (nSPS) is 12.5. The maximum absolute atomic E-state index is 13.4. The highest BCUT2D eigenvalue weighted by atomic mass is 19.1. The summed E-state index contributed by atoms with van der Waals surface area (Å²) in [7, 11) is 0. The lowest BCUT2D eigenvalue weighted by molar-refractivity contribution is 0.0691. The zero-order valence-corrected chi connectivity index (χ0v) is 7.40. The second kappa shape index (κ2) is 4.17. The Bertz CT molecular complexity index is 355. The Kier molecular flexibility index (Phi) is 3.16. The van der Waals surface area contributed by atoms with Crippen LogP contribution in [0.1, 0.15) is 22.0 Å². The van der Waals surface area contributed by atoms with E-state index in [4.69, 9.17) is 16.6 Å². The maximum Gasteiger partial charge on any atom is 0.338 e. The predicted octanol–water partition coefficient (Wildman–Crippen LogP) is 0.482. The number of carboxylic acids is 1. The molecule has 1 rings (SSSR count). The van der Waals surface area contributed by atoms with E-state index in [1.807, 2.05) is 0 Å². The Morgan fingerprint density at radius 1 is 1.57 bits per heavy atom. The van der Waals surface area contributed by atoms with Crippen LogP contribution in [0, 0.1) is 5.82 Å². The molecule has 0 bridgehead atoms. The maximum atomic E-state index is 13.4. The molecule has 5 heteroatoms. The van der Waals surface area contributed by atoms with Crippen molar-refractivity contribution in [2.75, 3.05) is 6.54 Å². The van der Waals surface area contributed by atoms with Gasteiger partial charge in [0.2, 0.25) is 0 Å². The SMILES string of the molecule is NC[C@H](N)c1cccc(C(=O)O)c1F. The molecule has 0 fully saturated rings. The van der Waals surface area contributed by atoms with Gasteiger partial charge in [0, 0.05) is 18.2 Å². The van der Waals surface area contributed by atoms with Crippen LogP contribution in [0.2, 0.25) is 0 Å². The third kappa shape index (κ3) is 1.89. The van der Waals surface area contributed by atoms with E-state index in [1.54, 1.807) is 0 Å². The Balaban J connectivity index is 3.20. The van der Waals surface area contributed by atoms with Crippen molar-refractivity contribution >= 4 is 5.97 Å². The molecule has 0 aromatic heterocycles. The molecule has 5 N–H and O–H groups in total. The molecule has 1 aromatic rings. The van der Waals surface area contributed by atoms with E-state index in [0.29, 0.717) is 0 Å². The van der Waals surface area contributed by atoms with Gasteiger partial charge in [-0.25, -0.2) is 9.18 Å². The molecular formula is C9H11FN2O2. The van der Waals surface area contributed by atoms with Crippen LogP contribution in [-0.4, -0.2) is 17.6 Å². The summed E-state index contributed by atoms with van der Waals surface area (Å²) < 4.78 is 13.4. The van der Waals surface area contributed by atoms with Crippen molar-refractivity contribution in [1.82, 2.24) is 0 Å². The van der Waals surface area contributed by atoms with E-state index in [-0.39, 0.29) is 17.7 Å². The number of halogens is 1. The Morgan fingerprint density at radius 3 is 2.71 bits per heavy atom. The molecule has 0 heterocycles. The van der Waals surface area contributed by atoms with Crippen molar-refractivity contribution in [2.24, 2.45) is 11.5 Å². The highest BCUT2D eigenvalue weighted by Crippen LogP contribution is 2.17. The second-order valence-corrected chi connectivity index (χ2v) is 2.86. The lowest BCUT2D eigenvalue weighted by atomic mass is 10.0. The van der Waals surface area contributed by atoms with E-state index >= 15 is 0 Å². The standard InChI is InChI=1S/C9H11FN2O2/c10-8-5(7(12)4-11)2-1-3-6(8)9(13)14/h1-3,7H,4,11-12H2,(H,13,14)/t7-/m0/s1. The van der Waals surface area contributed by atoms with Gasteiger partial charge in [-0.05, 0) is 6.07 Å². The minimum atomic E-state index is -1.31. The summed E-state index contributed by atoms with van der Waals surface area (Å²) in [6, 6.07) is 3.38. The molecule has 0 saturated carbocycles. The van der Waals surface area contributed by atoms with Gasteiger partial charge in [-0.3, -0.25) is 0 Å². The Hall–Kier alpha value is -1.46. The first-order chi connectivity index (χ1) is 6.57. The summed E-state index contributed by atoms with van der Waals surface area (Å²) in [5.41, 5.74) is 10.5. The Labute approximate surface area is 80.3 Å². The largest absolute Gasteiger partial charge is 0.478 e. The number of hydrogen-bond acceptors (Lipinski definition) is 3. The molecule has 76 valence electrons. The molecule has 0 aliphatic carbocycles. The van der Waals surface area contributed by atoms with Gasteiger partial charge in [0.1, 0.15) is 5.82 Å². The molecule has 1 atom stereocenters. The molecule has 0 spiro atoms. The highest BCUT2D eigenvalue weighted by molar-refractivity contribution is 5.88. The van der Waals surface area contributed by atoms with Crippen molar-refractivity contribution in [3.05, 3.63) is 35.1 Å². The van der Waals surface area contributed by atoms with Gasteiger partial charge < -0.3 is 16.6 Å². The van der Waals surface area contributed by atoms with Gasteiger partial charge in [0.25, 0.3) is 0 Å². The van der Waals surface area contributed by atoms with Gasteiger partial charge >= 0.3 is 5.97 Å². The zero-order chi connectivity index (χ0) is 10.7. The smallest absolute Gasteiger partial charge is 0.338 e. The van der Waals surface area contributed by atoms with E-state index in [0.717, 1.165) is 0 Å². The third-order valence-corrected chi connectivity index (χ3v) is 1.91. The number of nitrogens with two attached hydrogens (primary N) is 2. The lowest BCUT2D eigenvalue weighted by Crippen LogP contribution is -2.22. The van der Waals surface area contributed by atoms with Gasteiger partial charge in [-0.1, -0.05) is 12.1 Å². The third-order valence-electron chi connectivity index (χ3n) is 1.91. The summed E-state index contributed by atoms with van der Waals surface area (Å²) >= 11 is 0. The van der Waals surface area contributed by atoms with Crippen LogP contribution in [0.15, 0.2) is 18.2 Å². The van der Waals surface area contributed by atoms with E-state index < -0.39 is 17.8 Å². The first-order valence-corrected chi connectivity index (χ1v) is 4.05. The lowest BCUT2D eigenvalue weighted by Gasteiger charge is -2.11. The summed E-state index contributed by atoms with van der Waals surface area (Å²) in [6.07, 6.45) is 0. The molecule has 4 nitrogen and oxygen atoms in total. The van der Waals surface area contributed by atoms with Crippen molar-refractivity contribution in [3.63, 3.8) is 0 Å². The van der Waals surface area contributed by atoms with Crippen molar-refractivity contribution in [3.8, 4) is 0 Å². The number of rotatable bonds is 3. The number of hydrogen-bond donors (Lipinski definition) is 3. The van der Waals surface area contributed by atoms with Crippen LogP contribution < -0.4 is 11.5 Å². The molecule has 14 heavy (non-hydrogen) atoms. The van der Waals surface area contributed by atoms with Crippen LogP contribution in [0.25, 0.3) is 0 Å². The molecule has 0 unspecified atom stereocenters. The fourth-order valence-electron chi connectivity index (χ4n) is 1.13. The molecule has 1 aromatic carbocycles. The van der Waals surface area contributed by atoms with Crippen LogP contribution in [0.4, 0.5) is 4.39 Å². The van der Waals surface area contributed by atoms with E-state index in [9.17, 15) is 9.18 Å². The fraction of sp³-hybridized carbons (Fsp3) is 0.222. The van der Waals surface area contributed by atoms with E-state index in [1.165, 1.54) is 18.2 Å². The first-order valence-electron chi connectivity index (χ1n) is 4.05. The average molecular weight is 198 g/mol. The molecule has 0 radical (unpaired) electrons. The van der Waals surface area contributed by atoms with E-state index in [2.05, 4.69) is 0 Å². The summed E-state index contributed by atoms with van der Waals surface area (Å²) in [5.74, 6) is -2.12. The molecule has 0 aliphatic heterocycles. The van der Waals surface area contributed by atoms with Crippen LogP contribution in [0.3, 0.4) is 0 Å². The first kappa shape index (κ1) is 10.6. The quantitative estimate of drug-likeness (QED) is 0.659. The van der Waals surface area contributed by atoms with Gasteiger partial charge in [-0.15, -0.1) is 0 Å². The van der Waals surface area contributed by atoms with Crippen LogP contribution in [0.5, 0.6) is 0 Å².